The van der Waals surface area contributed by atoms with Gasteiger partial charge in [-0.1, -0.05) is 0 Å². The molecule has 0 aliphatic carbocycles. The molecule has 0 amide bonds. The first kappa shape index (κ1) is 13.2. The summed E-state index contributed by atoms with van der Waals surface area (Å²) >= 11 is 0. The van der Waals surface area contributed by atoms with E-state index in [4.69, 9.17) is 5.73 Å². The van der Waals surface area contributed by atoms with Crippen LogP contribution in [-0.4, -0.2) is 18.0 Å². The Balaban J connectivity index is 0. The zero-order valence-corrected chi connectivity index (χ0v) is 7.79. The van der Waals surface area contributed by atoms with E-state index in [1.54, 1.807) is 0 Å². The molecule has 0 bridgehead atoms. The van der Waals surface area contributed by atoms with Crippen LogP contribution in [0.3, 0.4) is 0 Å². The van der Waals surface area contributed by atoms with Crippen molar-refractivity contribution in [1.29, 1.82) is 0 Å². The van der Waals surface area contributed by atoms with Crippen LogP contribution in [0.15, 0.2) is 0 Å². The van der Waals surface area contributed by atoms with E-state index in [0.717, 1.165) is 0 Å². The Bertz CT molecular complexity index is 149. The van der Waals surface area contributed by atoms with E-state index in [9.17, 15) is 19.8 Å². The molecule has 0 rings (SSSR count). The minimum absolute atomic E-state index is 0. The van der Waals surface area contributed by atoms with Gasteiger partial charge in [0.15, 0.2) is 0 Å². The molecule has 0 aliphatic heterocycles. The monoisotopic (exact) mass is 340 g/mol. The molecule has 0 aliphatic rings. The molecular formula is C5H7NO4Pt. The van der Waals surface area contributed by atoms with Gasteiger partial charge < -0.3 is 25.5 Å². The van der Waals surface area contributed by atoms with Crippen molar-refractivity contribution in [2.45, 2.75) is 18.9 Å². The number of hydrogen-bond acceptors (Lipinski definition) is 5. The van der Waals surface area contributed by atoms with E-state index < -0.39 is 18.0 Å². The van der Waals surface area contributed by atoms with E-state index in [2.05, 4.69) is 0 Å². The molecule has 0 aromatic carbocycles. The van der Waals surface area contributed by atoms with Gasteiger partial charge in [-0.3, -0.25) is 0 Å². The normalized spacial score (nSPS) is 11.4. The second-order valence-corrected chi connectivity index (χ2v) is 1.84. The van der Waals surface area contributed by atoms with Crippen LogP contribution in [0.1, 0.15) is 12.8 Å². The van der Waals surface area contributed by atoms with Gasteiger partial charge in [-0.15, -0.1) is 0 Å². The van der Waals surface area contributed by atoms with Crippen LogP contribution in [0.5, 0.6) is 0 Å². The summed E-state index contributed by atoms with van der Waals surface area (Å²) in [7, 11) is 0. The van der Waals surface area contributed by atoms with Crippen LogP contribution in [-0.2, 0) is 30.7 Å². The second kappa shape index (κ2) is 6.31. The predicted octanol–water partition coefficient (Wildman–Crippen LogP) is -3.41. The van der Waals surface area contributed by atoms with Crippen molar-refractivity contribution >= 4 is 11.9 Å². The van der Waals surface area contributed by atoms with E-state index >= 15 is 0 Å². The molecule has 0 unspecified atom stereocenters. The smallest absolute Gasteiger partial charge is 0.550 e. The molecule has 2 N–H and O–H groups in total. The van der Waals surface area contributed by atoms with Crippen molar-refractivity contribution in [2.24, 2.45) is 5.73 Å². The number of rotatable bonds is 4. The third kappa shape index (κ3) is 7.49. The maximum atomic E-state index is 9.86. The quantitative estimate of drug-likeness (QED) is 0.574. The van der Waals surface area contributed by atoms with Gasteiger partial charge in [0.1, 0.15) is 0 Å². The molecule has 0 radical (unpaired) electrons. The van der Waals surface area contributed by atoms with Crippen molar-refractivity contribution < 1.29 is 40.9 Å². The SMILES string of the molecule is N[C@@H](CCC(=O)[O-])C(=O)[O-].[Pt+2]. The largest absolute Gasteiger partial charge is 2.00 e. The van der Waals surface area contributed by atoms with E-state index in [-0.39, 0.29) is 33.9 Å². The topological polar surface area (TPSA) is 106 Å². The molecule has 0 heterocycles. The number of carbonyl (C=O) groups excluding carboxylic acids is 2. The van der Waals surface area contributed by atoms with Gasteiger partial charge >= 0.3 is 21.1 Å². The van der Waals surface area contributed by atoms with Crippen LogP contribution >= 0.6 is 0 Å². The van der Waals surface area contributed by atoms with Crippen molar-refractivity contribution in [3.05, 3.63) is 0 Å². The van der Waals surface area contributed by atoms with Crippen molar-refractivity contribution in [3.63, 3.8) is 0 Å². The summed E-state index contributed by atoms with van der Waals surface area (Å²) in [6, 6.07) is -1.21. The minimum atomic E-state index is -1.44. The third-order valence-electron chi connectivity index (χ3n) is 0.962. The first-order valence-electron chi connectivity index (χ1n) is 2.70. The molecule has 11 heavy (non-hydrogen) atoms. The number of nitrogens with two attached hydrogens (primary N) is 1. The summed E-state index contributed by atoms with van der Waals surface area (Å²) in [4.78, 5) is 19.6. The van der Waals surface area contributed by atoms with E-state index in [1.165, 1.54) is 0 Å². The first-order valence-corrected chi connectivity index (χ1v) is 2.70. The fourth-order valence-corrected chi connectivity index (χ4v) is 0.391. The molecule has 5 nitrogen and oxygen atoms in total. The molecule has 6 heteroatoms. The van der Waals surface area contributed by atoms with Crippen LogP contribution in [0.4, 0.5) is 0 Å². The van der Waals surface area contributed by atoms with E-state index in [1.807, 2.05) is 0 Å². The summed E-state index contributed by atoms with van der Waals surface area (Å²) in [5.74, 6) is -2.75. The zero-order valence-electron chi connectivity index (χ0n) is 5.52. The molecular weight excluding hydrogens is 333 g/mol. The van der Waals surface area contributed by atoms with Crippen LogP contribution < -0.4 is 15.9 Å². The Morgan fingerprint density at radius 3 is 2.09 bits per heavy atom. The van der Waals surface area contributed by atoms with Gasteiger partial charge in [-0.05, 0) is 12.8 Å². The standard InChI is InChI=1S/C5H9NO4.Pt/c6-3(5(9)10)1-2-4(7)8;/h3H,1-2,6H2,(H,7,8)(H,9,10);/q;+2/p-2/t3-;/m0./s1. The summed E-state index contributed by atoms with van der Waals surface area (Å²) < 4.78 is 0. The van der Waals surface area contributed by atoms with Gasteiger partial charge in [0.05, 0.1) is 5.97 Å². The van der Waals surface area contributed by atoms with Gasteiger partial charge in [0.25, 0.3) is 0 Å². The Morgan fingerprint density at radius 1 is 1.36 bits per heavy atom. The first-order chi connectivity index (χ1) is 4.54. The Morgan fingerprint density at radius 2 is 1.82 bits per heavy atom. The summed E-state index contributed by atoms with van der Waals surface area (Å²) in [5, 5.41) is 19.6. The number of aliphatic carboxylic acids is 2. The third-order valence-corrected chi connectivity index (χ3v) is 0.962. The average molecular weight is 340 g/mol. The number of carboxylic acids is 2. The van der Waals surface area contributed by atoms with Crippen molar-refractivity contribution in [1.82, 2.24) is 0 Å². The molecule has 0 aromatic heterocycles. The number of carboxylic acid groups (broad SMARTS) is 2. The molecule has 0 spiro atoms. The summed E-state index contributed by atoms with van der Waals surface area (Å²) in [6.45, 7) is 0. The van der Waals surface area contributed by atoms with Crippen LogP contribution in [0.2, 0.25) is 0 Å². The Kier molecular flexibility index (Phi) is 7.57. The van der Waals surface area contributed by atoms with Gasteiger partial charge in [-0.2, -0.15) is 0 Å². The molecule has 0 saturated heterocycles. The van der Waals surface area contributed by atoms with Crippen molar-refractivity contribution in [2.75, 3.05) is 0 Å². The summed E-state index contributed by atoms with van der Waals surface area (Å²) in [5.41, 5.74) is 4.91. The second-order valence-electron chi connectivity index (χ2n) is 1.84. The predicted molar refractivity (Wildman–Crippen MR) is 27.2 cm³/mol. The van der Waals surface area contributed by atoms with Gasteiger partial charge in [-0.25, -0.2) is 0 Å². The molecule has 0 fully saturated rings. The van der Waals surface area contributed by atoms with E-state index in [0.29, 0.717) is 0 Å². The Labute approximate surface area is 77.8 Å². The number of carbonyl (C=O) groups is 2. The molecule has 0 saturated carbocycles. The average Bonchev–Trinajstić information content (AvgIpc) is 1.82. The van der Waals surface area contributed by atoms with Gasteiger partial charge in [0, 0.05) is 12.0 Å². The maximum Gasteiger partial charge on any atom is 2.00 e. The number of hydrogen-bond donors (Lipinski definition) is 1. The van der Waals surface area contributed by atoms with Crippen LogP contribution in [0.25, 0.3) is 0 Å². The molecule has 1 atom stereocenters. The van der Waals surface area contributed by atoms with Crippen LogP contribution in [0, 0.1) is 0 Å². The maximum absolute atomic E-state index is 9.86. The minimum Gasteiger partial charge on any atom is -0.550 e. The van der Waals surface area contributed by atoms with Gasteiger partial charge in [0.2, 0.25) is 0 Å². The molecule has 0 aromatic rings. The van der Waals surface area contributed by atoms with Crippen molar-refractivity contribution in [3.8, 4) is 0 Å². The Hall–Kier alpha value is -0.412. The zero-order chi connectivity index (χ0) is 8.15. The fraction of sp³-hybridized carbons (Fsp3) is 0.600. The fourth-order valence-electron chi connectivity index (χ4n) is 0.391. The summed E-state index contributed by atoms with van der Waals surface area (Å²) in [6.07, 6.45) is -0.500. The molecule has 66 valence electrons.